The van der Waals surface area contributed by atoms with Crippen LogP contribution in [0.25, 0.3) is 0 Å². The van der Waals surface area contributed by atoms with Crippen molar-refractivity contribution in [3.8, 4) is 0 Å². The fraction of sp³-hybridized carbons (Fsp3) is 0.375. The third-order valence-electron chi connectivity index (χ3n) is 2.01. The molecule has 14 heavy (non-hydrogen) atoms. The largest absolute Gasteiger partial charge is 0.308 e. The molecule has 2 heterocycles. The number of hydrogen-bond donors (Lipinski definition) is 1. The Morgan fingerprint density at radius 2 is 2.36 bits per heavy atom. The molecule has 0 bridgehead atoms. The maximum absolute atomic E-state index is 4.14. The van der Waals surface area contributed by atoms with E-state index in [1.165, 1.54) is 11.5 Å². The molecule has 0 aliphatic heterocycles. The third kappa shape index (κ3) is 1.66. The zero-order chi connectivity index (χ0) is 9.97. The van der Waals surface area contributed by atoms with Gasteiger partial charge in [-0.25, -0.2) is 0 Å². The highest BCUT2D eigenvalue weighted by molar-refractivity contribution is 7.05. The summed E-state index contributed by atoms with van der Waals surface area (Å²) in [6.07, 6.45) is 5.61. The van der Waals surface area contributed by atoms with Crippen LogP contribution in [0.4, 0.5) is 0 Å². The van der Waals surface area contributed by atoms with Crippen LogP contribution in [0.2, 0.25) is 0 Å². The van der Waals surface area contributed by atoms with E-state index in [1.54, 1.807) is 10.9 Å². The Bertz CT molecular complexity index is 394. The van der Waals surface area contributed by atoms with Crippen LogP contribution in [0.15, 0.2) is 18.6 Å². The highest BCUT2D eigenvalue weighted by Crippen LogP contribution is 2.22. The van der Waals surface area contributed by atoms with Crippen molar-refractivity contribution in [2.75, 3.05) is 7.05 Å². The van der Waals surface area contributed by atoms with Gasteiger partial charge in [0, 0.05) is 18.8 Å². The molecule has 0 saturated heterocycles. The number of hydrogen-bond acceptors (Lipinski definition) is 5. The summed E-state index contributed by atoms with van der Waals surface area (Å²) >= 11 is 1.40. The van der Waals surface area contributed by atoms with E-state index < -0.39 is 0 Å². The first kappa shape index (κ1) is 9.29. The smallest absolute Gasteiger partial charge is 0.0732 e. The summed E-state index contributed by atoms with van der Waals surface area (Å²) in [7, 11) is 3.82. The number of nitrogens with one attached hydrogen (secondary N) is 1. The Labute approximate surface area is 85.9 Å². The average molecular weight is 209 g/mol. The van der Waals surface area contributed by atoms with Gasteiger partial charge in [0.15, 0.2) is 0 Å². The zero-order valence-corrected chi connectivity index (χ0v) is 8.82. The molecule has 74 valence electrons. The maximum atomic E-state index is 4.14. The number of nitrogens with zero attached hydrogens (tertiary/aromatic N) is 4. The molecular weight excluding hydrogens is 198 g/mol. The van der Waals surface area contributed by atoms with Crippen LogP contribution in [-0.2, 0) is 7.05 Å². The van der Waals surface area contributed by atoms with Crippen LogP contribution in [0.1, 0.15) is 16.5 Å². The van der Waals surface area contributed by atoms with Gasteiger partial charge in [-0.1, -0.05) is 4.49 Å². The lowest BCUT2D eigenvalue weighted by Crippen LogP contribution is -2.15. The first-order valence-corrected chi connectivity index (χ1v) is 5.01. The molecule has 1 N–H and O–H groups in total. The van der Waals surface area contributed by atoms with E-state index in [0.29, 0.717) is 0 Å². The van der Waals surface area contributed by atoms with E-state index in [9.17, 15) is 0 Å². The van der Waals surface area contributed by atoms with Gasteiger partial charge in [-0.3, -0.25) is 4.68 Å². The van der Waals surface area contributed by atoms with Gasteiger partial charge in [-0.05, 0) is 18.6 Å². The van der Waals surface area contributed by atoms with Crippen molar-refractivity contribution in [1.29, 1.82) is 0 Å². The van der Waals surface area contributed by atoms with Gasteiger partial charge in [-0.2, -0.15) is 5.10 Å². The lowest BCUT2D eigenvalue weighted by atomic mass is 10.1. The van der Waals surface area contributed by atoms with Crippen molar-refractivity contribution in [3.63, 3.8) is 0 Å². The SMILES string of the molecule is CNC(c1cnn(C)c1)c1cnns1. The minimum Gasteiger partial charge on any atom is -0.308 e. The van der Waals surface area contributed by atoms with Crippen molar-refractivity contribution < 1.29 is 0 Å². The number of aryl methyl sites for hydroxylation is 1. The van der Waals surface area contributed by atoms with Crippen LogP contribution in [0.3, 0.4) is 0 Å². The molecule has 0 fully saturated rings. The van der Waals surface area contributed by atoms with Crippen molar-refractivity contribution in [2.24, 2.45) is 7.05 Å². The van der Waals surface area contributed by atoms with E-state index in [2.05, 4.69) is 20.0 Å². The summed E-state index contributed by atoms with van der Waals surface area (Å²) in [6, 6.07) is 0.142. The lowest BCUT2D eigenvalue weighted by Gasteiger charge is -2.10. The minimum atomic E-state index is 0.142. The molecule has 0 amide bonds. The predicted octanol–water partition coefficient (Wildman–Crippen LogP) is 0.580. The van der Waals surface area contributed by atoms with Gasteiger partial charge in [0.05, 0.1) is 23.3 Å². The second-order valence-electron chi connectivity index (χ2n) is 2.99. The summed E-state index contributed by atoms with van der Waals surface area (Å²) in [5, 5.41) is 11.2. The molecule has 2 aromatic heterocycles. The maximum Gasteiger partial charge on any atom is 0.0732 e. The van der Waals surface area contributed by atoms with Crippen LogP contribution >= 0.6 is 11.5 Å². The van der Waals surface area contributed by atoms with Crippen molar-refractivity contribution in [2.45, 2.75) is 6.04 Å². The second-order valence-corrected chi connectivity index (χ2v) is 3.81. The molecule has 0 spiro atoms. The van der Waals surface area contributed by atoms with E-state index in [-0.39, 0.29) is 6.04 Å². The van der Waals surface area contributed by atoms with Gasteiger partial charge in [0.1, 0.15) is 0 Å². The van der Waals surface area contributed by atoms with Gasteiger partial charge in [0.25, 0.3) is 0 Å². The highest BCUT2D eigenvalue weighted by Gasteiger charge is 2.15. The number of rotatable bonds is 3. The van der Waals surface area contributed by atoms with Crippen LogP contribution in [0.5, 0.6) is 0 Å². The Kier molecular flexibility index (Phi) is 2.55. The van der Waals surface area contributed by atoms with Crippen molar-refractivity contribution >= 4 is 11.5 Å². The van der Waals surface area contributed by atoms with Gasteiger partial charge in [-0.15, -0.1) is 5.10 Å². The summed E-state index contributed by atoms with van der Waals surface area (Å²) in [4.78, 5) is 1.10. The molecule has 0 saturated carbocycles. The molecule has 5 nitrogen and oxygen atoms in total. The number of aromatic nitrogens is 4. The molecule has 0 aliphatic rings. The monoisotopic (exact) mass is 209 g/mol. The molecule has 2 rings (SSSR count). The third-order valence-corrected chi connectivity index (χ3v) is 2.74. The van der Waals surface area contributed by atoms with Gasteiger partial charge >= 0.3 is 0 Å². The van der Waals surface area contributed by atoms with Crippen molar-refractivity contribution in [1.82, 2.24) is 24.7 Å². The molecule has 6 heteroatoms. The van der Waals surface area contributed by atoms with E-state index in [1.807, 2.05) is 26.5 Å². The fourth-order valence-electron chi connectivity index (χ4n) is 1.36. The first-order valence-electron chi connectivity index (χ1n) is 4.24. The zero-order valence-electron chi connectivity index (χ0n) is 8.01. The normalized spacial score (nSPS) is 13.0. The average Bonchev–Trinajstić information content (AvgIpc) is 2.79. The van der Waals surface area contributed by atoms with Crippen molar-refractivity contribution in [3.05, 3.63) is 29.0 Å². The quantitative estimate of drug-likeness (QED) is 0.803. The Hall–Kier alpha value is -1.27. The first-order chi connectivity index (χ1) is 6.81. The predicted molar refractivity (Wildman–Crippen MR) is 54.0 cm³/mol. The topological polar surface area (TPSA) is 55.6 Å². The molecule has 1 atom stereocenters. The standard InChI is InChI=1S/C8H11N5S/c1-9-8(7-4-10-12-14-7)6-3-11-13(2)5-6/h3-5,8-9H,1-2H3. The summed E-state index contributed by atoms with van der Waals surface area (Å²) in [5.41, 5.74) is 1.13. The summed E-state index contributed by atoms with van der Waals surface area (Å²) in [6.45, 7) is 0. The van der Waals surface area contributed by atoms with E-state index >= 15 is 0 Å². The van der Waals surface area contributed by atoms with Crippen LogP contribution in [-0.4, -0.2) is 26.4 Å². The molecule has 0 aromatic carbocycles. The lowest BCUT2D eigenvalue weighted by molar-refractivity contribution is 0.699. The molecular formula is C8H11N5S. The highest BCUT2D eigenvalue weighted by atomic mass is 32.1. The van der Waals surface area contributed by atoms with Gasteiger partial charge in [0.2, 0.25) is 0 Å². The molecule has 0 radical (unpaired) electrons. The molecule has 2 aromatic rings. The van der Waals surface area contributed by atoms with Crippen LogP contribution < -0.4 is 5.32 Å². The Balaban J connectivity index is 2.31. The van der Waals surface area contributed by atoms with E-state index in [4.69, 9.17) is 0 Å². The van der Waals surface area contributed by atoms with Gasteiger partial charge < -0.3 is 5.32 Å². The molecule has 0 aliphatic carbocycles. The summed E-state index contributed by atoms with van der Waals surface area (Å²) in [5.74, 6) is 0. The Morgan fingerprint density at radius 1 is 1.50 bits per heavy atom. The summed E-state index contributed by atoms with van der Waals surface area (Å²) < 4.78 is 5.63. The second kappa shape index (κ2) is 3.85. The Morgan fingerprint density at radius 3 is 2.86 bits per heavy atom. The van der Waals surface area contributed by atoms with E-state index in [0.717, 1.165) is 10.4 Å². The van der Waals surface area contributed by atoms with Crippen LogP contribution in [0, 0.1) is 0 Å². The molecule has 1 unspecified atom stereocenters. The fourth-order valence-corrected chi connectivity index (χ4v) is 2.01. The minimum absolute atomic E-state index is 0.142.